The van der Waals surface area contributed by atoms with Crippen LogP contribution >= 0.6 is 0 Å². The van der Waals surface area contributed by atoms with Gasteiger partial charge >= 0.3 is 0 Å². The van der Waals surface area contributed by atoms with Crippen LogP contribution in [0.3, 0.4) is 0 Å². The molecule has 128 valence electrons. The average Bonchev–Trinajstić information content (AvgIpc) is 2.81. The Morgan fingerprint density at radius 2 is 2.08 bits per heavy atom. The van der Waals surface area contributed by atoms with Crippen molar-refractivity contribution in [2.45, 2.75) is 33.1 Å². The lowest BCUT2D eigenvalue weighted by atomic mass is 10.1. The highest BCUT2D eigenvalue weighted by molar-refractivity contribution is 5.90. The molecule has 0 spiro atoms. The van der Waals surface area contributed by atoms with E-state index in [0.29, 0.717) is 30.8 Å². The van der Waals surface area contributed by atoms with Crippen LogP contribution in [0, 0.1) is 5.92 Å². The summed E-state index contributed by atoms with van der Waals surface area (Å²) >= 11 is 0. The molecule has 7 nitrogen and oxygen atoms in total. The number of fused-ring (bicyclic) bond motifs is 1. The lowest BCUT2D eigenvalue weighted by Crippen LogP contribution is -2.15. The molecule has 7 heteroatoms. The van der Waals surface area contributed by atoms with Crippen LogP contribution in [-0.4, -0.2) is 34.3 Å². The molecule has 0 bridgehead atoms. The van der Waals surface area contributed by atoms with E-state index in [1.165, 1.54) is 0 Å². The summed E-state index contributed by atoms with van der Waals surface area (Å²) in [5, 5.41) is 9.57. The third-order valence-corrected chi connectivity index (χ3v) is 3.56. The number of aromatic nitrogens is 3. The topological polar surface area (TPSA) is 89.1 Å². The number of hydrogen-bond acceptors (Lipinski definition) is 5. The second-order valence-corrected chi connectivity index (χ2v) is 6.26. The monoisotopic (exact) mass is 330 g/mol. The molecule has 1 aromatic carbocycles. The Morgan fingerprint density at radius 3 is 2.88 bits per heavy atom. The lowest BCUT2D eigenvalue weighted by Gasteiger charge is -2.09. The molecular weight excluding hydrogens is 308 g/mol. The summed E-state index contributed by atoms with van der Waals surface area (Å²) in [6, 6.07) is 5.56. The van der Waals surface area contributed by atoms with E-state index >= 15 is 0 Å². The zero-order valence-electron chi connectivity index (χ0n) is 14.0. The SMILES string of the molecule is CC(C)Cc1nc(NC(=O)Cc2ccc3c(c2)OCCCO3)n[nH]1. The average molecular weight is 330 g/mol. The van der Waals surface area contributed by atoms with Crippen LogP contribution in [-0.2, 0) is 17.6 Å². The molecule has 1 aliphatic rings. The molecule has 0 saturated carbocycles. The molecule has 1 amide bonds. The first kappa shape index (κ1) is 16.3. The molecule has 1 aliphatic heterocycles. The summed E-state index contributed by atoms with van der Waals surface area (Å²) in [7, 11) is 0. The molecule has 0 fully saturated rings. The van der Waals surface area contributed by atoms with Crippen molar-refractivity contribution < 1.29 is 14.3 Å². The first-order valence-electron chi connectivity index (χ1n) is 8.20. The number of rotatable bonds is 5. The highest BCUT2D eigenvalue weighted by Gasteiger charge is 2.13. The quantitative estimate of drug-likeness (QED) is 0.878. The van der Waals surface area contributed by atoms with Gasteiger partial charge in [-0.05, 0) is 23.6 Å². The van der Waals surface area contributed by atoms with Crippen LogP contribution in [0.15, 0.2) is 18.2 Å². The van der Waals surface area contributed by atoms with Crippen LogP contribution < -0.4 is 14.8 Å². The fourth-order valence-corrected chi connectivity index (χ4v) is 2.50. The first-order valence-corrected chi connectivity index (χ1v) is 8.20. The molecule has 0 atom stereocenters. The minimum Gasteiger partial charge on any atom is -0.490 e. The van der Waals surface area contributed by atoms with Crippen molar-refractivity contribution in [2.75, 3.05) is 18.5 Å². The number of nitrogens with zero attached hydrogens (tertiary/aromatic N) is 2. The standard InChI is InChI=1S/C17H22N4O3/c1-11(2)8-15-18-17(21-20-15)19-16(22)10-12-4-5-13-14(9-12)24-7-3-6-23-13/h4-5,9,11H,3,6-8,10H2,1-2H3,(H2,18,19,20,21,22). The normalized spacial score (nSPS) is 13.6. The van der Waals surface area contributed by atoms with Crippen molar-refractivity contribution in [1.29, 1.82) is 0 Å². The molecular formula is C17H22N4O3. The minimum atomic E-state index is -0.167. The smallest absolute Gasteiger partial charge is 0.248 e. The largest absolute Gasteiger partial charge is 0.490 e. The zero-order chi connectivity index (χ0) is 16.9. The maximum Gasteiger partial charge on any atom is 0.248 e. The summed E-state index contributed by atoms with van der Waals surface area (Å²) in [5.74, 6) is 2.81. The van der Waals surface area contributed by atoms with Gasteiger partial charge in [0.25, 0.3) is 0 Å². The predicted molar refractivity (Wildman–Crippen MR) is 89.3 cm³/mol. The van der Waals surface area contributed by atoms with Crippen molar-refractivity contribution in [3.05, 3.63) is 29.6 Å². The molecule has 0 unspecified atom stereocenters. The Hall–Kier alpha value is -2.57. The van der Waals surface area contributed by atoms with Gasteiger partial charge in [0, 0.05) is 12.8 Å². The van der Waals surface area contributed by atoms with Gasteiger partial charge in [0.2, 0.25) is 11.9 Å². The Labute approximate surface area is 140 Å². The first-order chi connectivity index (χ1) is 11.6. The summed E-state index contributed by atoms with van der Waals surface area (Å²) in [6.45, 7) is 5.48. The Kier molecular flexibility index (Phi) is 4.98. The van der Waals surface area contributed by atoms with E-state index < -0.39 is 0 Å². The van der Waals surface area contributed by atoms with Gasteiger partial charge in [-0.3, -0.25) is 15.2 Å². The number of carbonyl (C=O) groups is 1. The van der Waals surface area contributed by atoms with Gasteiger partial charge in [-0.1, -0.05) is 19.9 Å². The number of carbonyl (C=O) groups excluding carboxylic acids is 1. The fraction of sp³-hybridized carbons (Fsp3) is 0.471. The van der Waals surface area contributed by atoms with E-state index in [1.807, 2.05) is 18.2 Å². The molecule has 3 rings (SSSR count). The van der Waals surface area contributed by atoms with E-state index in [0.717, 1.165) is 30.0 Å². The van der Waals surface area contributed by atoms with Crippen molar-refractivity contribution in [1.82, 2.24) is 15.2 Å². The zero-order valence-corrected chi connectivity index (χ0v) is 14.0. The predicted octanol–water partition coefficient (Wildman–Crippen LogP) is 2.35. The second kappa shape index (κ2) is 7.33. The van der Waals surface area contributed by atoms with Crippen LogP contribution in [0.4, 0.5) is 5.95 Å². The van der Waals surface area contributed by atoms with E-state index in [1.54, 1.807) is 0 Å². The van der Waals surface area contributed by atoms with E-state index in [-0.39, 0.29) is 12.3 Å². The third-order valence-electron chi connectivity index (χ3n) is 3.56. The number of anilines is 1. The number of ether oxygens (including phenoxy) is 2. The molecule has 2 heterocycles. The molecule has 2 N–H and O–H groups in total. The molecule has 1 aromatic heterocycles. The van der Waals surface area contributed by atoms with Crippen molar-refractivity contribution in [2.24, 2.45) is 5.92 Å². The molecule has 2 aromatic rings. The molecule has 0 radical (unpaired) electrons. The maximum atomic E-state index is 12.2. The Morgan fingerprint density at radius 1 is 1.29 bits per heavy atom. The van der Waals surface area contributed by atoms with Crippen molar-refractivity contribution in [3.63, 3.8) is 0 Å². The summed E-state index contributed by atoms with van der Waals surface area (Å²) < 4.78 is 11.2. The summed E-state index contributed by atoms with van der Waals surface area (Å²) in [6.07, 6.45) is 1.88. The lowest BCUT2D eigenvalue weighted by molar-refractivity contribution is -0.115. The fourth-order valence-electron chi connectivity index (χ4n) is 2.50. The second-order valence-electron chi connectivity index (χ2n) is 6.26. The van der Waals surface area contributed by atoms with E-state index in [9.17, 15) is 4.79 Å². The number of benzene rings is 1. The highest BCUT2D eigenvalue weighted by atomic mass is 16.5. The minimum absolute atomic E-state index is 0.167. The van der Waals surface area contributed by atoms with Gasteiger partial charge in [0.1, 0.15) is 5.82 Å². The number of H-pyrrole nitrogens is 1. The molecule has 24 heavy (non-hydrogen) atoms. The molecule has 0 aliphatic carbocycles. The highest BCUT2D eigenvalue weighted by Crippen LogP contribution is 2.30. The Balaban J connectivity index is 1.60. The number of hydrogen-bond donors (Lipinski definition) is 2. The van der Waals surface area contributed by atoms with Gasteiger partial charge in [-0.2, -0.15) is 4.98 Å². The number of aromatic amines is 1. The van der Waals surface area contributed by atoms with Gasteiger partial charge in [0.05, 0.1) is 19.6 Å². The number of amides is 1. The van der Waals surface area contributed by atoms with Crippen LogP contribution in [0.1, 0.15) is 31.7 Å². The van der Waals surface area contributed by atoms with Crippen LogP contribution in [0.2, 0.25) is 0 Å². The summed E-state index contributed by atoms with van der Waals surface area (Å²) in [4.78, 5) is 16.4. The Bertz CT molecular complexity index is 712. The van der Waals surface area contributed by atoms with Crippen molar-refractivity contribution in [3.8, 4) is 11.5 Å². The van der Waals surface area contributed by atoms with E-state index in [2.05, 4.69) is 34.3 Å². The van der Waals surface area contributed by atoms with Gasteiger partial charge in [0.15, 0.2) is 11.5 Å². The van der Waals surface area contributed by atoms with Crippen LogP contribution in [0.25, 0.3) is 0 Å². The van der Waals surface area contributed by atoms with Gasteiger partial charge in [-0.25, -0.2) is 0 Å². The number of nitrogens with one attached hydrogen (secondary N) is 2. The third kappa shape index (κ3) is 4.24. The van der Waals surface area contributed by atoms with Gasteiger partial charge < -0.3 is 9.47 Å². The van der Waals surface area contributed by atoms with Crippen molar-refractivity contribution >= 4 is 11.9 Å². The van der Waals surface area contributed by atoms with E-state index in [4.69, 9.17) is 9.47 Å². The maximum absolute atomic E-state index is 12.2. The summed E-state index contributed by atoms with van der Waals surface area (Å²) in [5.41, 5.74) is 0.856. The molecule has 0 saturated heterocycles. The van der Waals surface area contributed by atoms with Crippen LogP contribution in [0.5, 0.6) is 11.5 Å². The van der Waals surface area contributed by atoms with Gasteiger partial charge in [-0.15, -0.1) is 5.10 Å².